The second-order valence-electron chi connectivity index (χ2n) is 6.47. The summed E-state index contributed by atoms with van der Waals surface area (Å²) in [7, 11) is 0. The first-order valence-electron chi connectivity index (χ1n) is 8.50. The molecule has 26 heavy (non-hydrogen) atoms. The van der Waals surface area contributed by atoms with Crippen LogP contribution in [0.2, 0.25) is 0 Å². The summed E-state index contributed by atoms with van der Waals surface area (Å²) in [5.41, 5.74) is -0.975. The van der Waals surface area contributed by atoms with Gasteiger partial charge in [0.05, 0.1) is 13.0 Å². The Bertz CT molecular complexity index is 797. The normalized spacial score (nSPS) is 19.4. The fourth-order valence-electron chi connectivity index (χ4n) is 3.02. The van der Waals surface area contributed by atoms with Gasteiger partial charge in [0, 0.05) is 19.5 Å². The van der Waals surface area contributed by atoms with Gasteiger partial charge in [-0.05, 0) is 17.2 Å². The predicted octanol–water partition coefficient (Wildman–Crippen LogP) is 2.63. The van der Waals surface area contributed by atoms with Crippen LogP contribution < -0.4 is 5.32 Å². The first-order chi connectivity index (χ1) is 12.5. The maximum absolute atomic E-state index is 15.0. The van der Waals surface area contributed by atoms with Crippen molar-refractivity contribution in [3.05, 3.63) is 71.5 Å². The molecule has 1 saturated heterocycles. The molecule has 1 fully saturated rings. The topological polar surface area (TPSA) is 49.4 Å². The lowest BCUT2D eigenvalue weighted by atomic mass is 10.0. The Morgan fingerprint density at radius 1 is 1.08 bits per heavy atom. The minimum Gasteiger partial charge on any atom is -0.349 e. The van der Waals surface area contributed by atoms with Crippen molar-refractivity contribution in [3.63, 3.8) is 0 Å². The van der Waals surface area contributed by atoms with Gasteiger partial charge in [-0.15, -0.1) is 0 Å². The highest BCUT2D eigenvalue weighted by Gasteiger charge is 2.46. The summed E-state index contributed by atoms with van der Waals surface area (Å²) in [6, 6.07) is 15.2. The Hall–Kier alpha value is -2.76. The molecule has 0 saturated carbocycles. The van der Waals surface area contributed by atoms with Crippen molar-refractivity contribution >= 4 is 11.8 Å². The Balaban J connectivity index is 1.56. The van der Waals surface area contributed by atoms with E-state index in [9.17, 15) is 18.4 Å². The molecule has 2 aromatic rings. The fraction of sp³-hybridized carbons (Fsp3) is 0.300. The maximum Gasteiger partial charge on any atom is 0.259 e. The highest BCUT2D eigenvalue weighted by atomic mass is 19.1. The van der Waals surface area contributed by atoms with E-state index in [0.29, 0.717) is 0 Å². The zero-order valence-corrected chi connectivity index (χ0v) is 14.3. The van der Waals surface area contributed by atoms with Crippen LogP contribution in [-0.2, 0) is 22.6 Å². The SMILES string of the molecule is O=C(Cc1ccccc1F)N1CCC(F)(C(=O)NCc2ccccc2)C1. The van der Waals surface area contributed by atoms with Gasteiger partial charge in [0.2, 0.25) is 11.6 Å². The Morgan fingerprint density at radius 2 is 1.77 bits per heavy atom. The molecule has 3 rings (SSSR count). The minimum atomic E-state index is -2.11. The average Bonchev–Trinajstić information content (AvgIpc) is 3.06. The van der Waals surface area contributed by atoms with Gasteiger partial charge in [-0.3, -0.25) is 9.59 Å². The van der Waals surface area contributed by atoms with E-state index >= 15 is 0 Å². The van der Waals surface area contributed by atoms with Crippen LogP contribution in [0.3, 0.4) is 0 Å². The molecule has 1 atom stereocenters. The number of likely N-dealkylation sites (tertiary alicyclic amines) is 1. The van der Waals surface area contributed by atoms with Crippen molar-refractivity contribution in [2.45, 2.75) is 25.1 Å². The van der Waals surface area contributed by atoms with E-state index in [0.717, 1.165) is 5.56 Å². The van der Waals surface area contributed by atoms with Crippen molar-refractivity contribution in [1.29, 1.82) is 0 Å². The third kappa shape index (κ3) is 4.07. The fourth-order valence-corrected chi connectivity index (χ4v) is 3.02. The molecule has 0 radical (unpaired) electrons. The van der Waals surface area contributed by atoms with Crippen molar-refractivity contribution in [2.75, 3.05) is 13.1 Å². The molecule has 0 spiro atoms. The number of amides is 2. The summed E-state index contributed by atoms with van der Waals surface area (Å²) in [6.45, 7) is 0.0674. The summed E-state index contributed by atoms with van der Waals surface area (Å²) >= 11 is 0. The monoisotopic (exact) mass is 358 g/mol. The number of hydrogen-bond donors (Lipinski definition) is 1. The number of rotatable bonds is 5. The molecule has 1 aliphatic heterocycles. The Labute approximate surface area is 150 Å². The van der Waals surface area contributed by atoms with Crippen LogP contribution in [0.1, 0.15) is 17.5 Å². The number of nitrogens with one attached hydrogen (secondary N) is 1. The molecule has 1 heterocycles. The molecule has 4 nitrogen and oxygen atoms in total. The van der Waals surface area contributed by atoms with E-state index in [2.05, 4.69) is 5.32 Å². The number of nitrogens with zero attached hydrogens (tertiary/aromatic N) is 1. The van der Waals surface area contributed by atoms with Crippen molar-refractivity contribution < 1.29 is 18.4 Å². The maximum atomic E-state index is 15.0. The number of halogens is 2. The molecule has 1 N–H and O–H groups in total. The van der Waals surface area contributed by atoms with Crippen LogP contribution in [0.15, 0.2) is 54.6 Å². The van der Waals surface area contributed by atoms with Crippen LogP contribution in [0.4, 0.5) is 8.78 Å². The second kappa shape index (κ2) is 7.64. The standard InChI is InChI=1S/C20H20F2N2O2/c21-17-9-5-4-8-16(17)12-18(25)24-11-10-20(22,14-24)19(26)23-13-15-6-2-1-3-7-15/h1-9H,10-14H2,(H,23,26). The van der Waals surface area contributed by atoms with E-state index in [-0.39, 0.29) is 43.9 Å². The zero-order chi connectivity index (χ0) is 18.6. The number of carbonyl (C=O) groups is 2. The number of benzene rings is 2. The summed E-state index contributed by atoms with van der Waals surface area (Å²) in [6.07, 6.45) is -0.203. The van der Waals surface area contributed by atoms with Crippen LogP contribution in [0.25, 0.3) is 0 Å². The van der Waals surface area contributed by atoms with Gasteiger partial charge < -0.3 is 10.2 Å². The second-order valence-corrected chi connectivity index (χ2v) is 6.47. The van der Waals surface area contributed by atoms with Gasteiger partial charge in [-0.1, -0.05) is 48.5 Å². The third-order valence-electron chi connectivity index (χ3n) is 4.57. The number of carbonyl (C=O) groups excluding carboxylic acids is 2. The summed E-state index contributed by atoms with van der Waals surface area (Å²) < 4.78 is 28.6. The smallest absolute Gasteiger partial charge is 0.259 e. The van der Waals surface area contributed by atoms with Crippen LogP contribution in [-0.4, -0.2) is 35.5 Å². The van der Waals surface area contributed by atoms with Gasteiger partial charge >= 0.3 is 0 Å². The quantitative estimate of drug-likeness (QED) is 0.893. The Kier molecular flexibility index (Phi) is 5.30. The lowest BCUT2D eigenvalue weighted by molar-refractivity contribution is -0.134. The molecular formula is C20H20F2N2O2. The van der Waals surface area contributed by atoms with Crippen LogP contribution in [0.5, 0.6) is 0 Å². The third-order valence-corrected chi connectivity index (χ3v) is 4.57. The highest BCUT2D eigenvalue weighted by molar-refractivity contribution is 5.88. The van der Waals surface area contributed by atoms with E-state index < -0.39 is 17.4 Å². The van der Waals surface area contributed by atoms with E-state index in [4.69, 9.17) is 0 Å². The van der Waals surface area contributed by atoms with Crippen LogP contribution >= 0.6 is 0 Å². The first kappa shape index (κ1) is 18.0. The first-order valence-corrected chi connectivity index (χ1v) is 8.50. The van der Waals surface area contributed by atoms with Crippen molar-refractivity contribution in [1.82, 2.24) is 10.2 Å². The molecule has 2 amide bonds. The van der Waals surface area contributed by atoms with Gasteiger partial charge in [0.25, 0.3) is 5.91 Å². The lowest BCUT2D eigenvalue weighted by Gasteiger charge is -2.20. The summed E-state index contributed by atoms with van der Waals surface area (Å²) in [5, 5.41) is 2.59. The number of hydrogen-bond acceptors (Lipinski definition) is 2. The largest absolute Gasteiger partial charge is 0.349 e. The van der Waals surface area contributed by atoms with Crippen LogP contribution in [0, 0.1) is 5.82 Å². The minimum absolute atomic E-state index is 0.0589. The summed E-state index contributed by atoms with van der Waals surface area (Å²) in [4.78, 5) is 25.8. The molecule has 2 aromatic carbocycles. The molecule has 0 aromatic heterocycles. The van der Waals surface area contributed by atoms with E-state index in [1.807, 2.05) is 30.3 Å². The molecule has 136 valence electrons. The predicted molar refractivity (Wildman–Crippen MR) is 93.4 cm³/mol. The van der Waals surface area contributed by atoms with Gasteiger partial charge in [-0.25, -0.2) is 8.78 Å². The molecule has 0 aliphatic carbocycles. The Morgan fingerprint density at radius 3 is 2.50 bits per heavy atom. The number of alkyl halides is 1. The summed E-state index contributed by atoms with van der Waals surface area (Å²) in [5.74, 6) is -1.57. The van der Waals surface area contributed by atoms with E-state index in [1.165, 1.54) is 17.0 Å². The average molecular weight is 358 g/mol. The van der Waals surface area contributed by atoms with Crippen molar-refractivity contribution in [2.24, 2.45) is 0 Å². The molecule has 6 heteroatoms. The molecule has 0 bridgehead atoms. The molecule has 1 unspecified atom stereocenters. The molecule has 1 aliphatic rings. The molecular weight excluding hydrogens is 338 g/mol. The van der Waals surface area contributed by atoms with Crippen molar-refractivity contribution in [3.8, 4) is 0 Å². The van der Waals surface area contributed by atoms with Gasteiger partial charge in [-0.2, -0.15) is 0 Å². The van der Waals surface area contributed by atoms with Gasteiger partial charge in [0.1, 0.15) is 5.82 Å². The zero-order valence-electron chi connectivity index (χ0n) is 14.3. The van der Waals surface area contributed by atoms with Gasteiger partial charge in [0.15, 0.2) is 0 Å². The lowest BCUT2D eigenvalue weighted by Crippen LogP contribution is -2.46. The van der Waals surface area contributed by atoms with E-state index in [1.54, 1.807) is 12.1 Å². The highest BCUT2D eigenvalue weighted by Crippen LogP contribution is 2.27.